The van der Waals surface area contributed by atoms with Gasteiger partial charge in [-0.15, -0.1) is 6.58 Å². The molecule has 4 heteroatoms. The van der Waals surface area contributed by atoms with Gasteiger partial charge in [0.05, 0.1) is 12.0 Å². The molecule has 4 nitrogen and oxygen atoms in total. The summed E-state index contributed by atoms with van der Waals surface area (Å²) in [7, 11) is 0. The highest BCUT2D eigenvalue weighted by Gasteiger charge is 2.63. The topological polar surface area (TPSA) is 55.8 Å². The zero-order valence-corrected chi connectivity index (χ0v) is 16.2. The van der Waals surface area contributed by atoms with Crippen LogP contribution < -0.4 is 0 Å². The molecular formula is C22H32O4. The van der Waals surface area contributed by atoms with E-state index in [1.807, 2.05) is 26.0 Å². The average molecular weight is 360 g/mol. The van der Waals surface area contributed by atoms with Crippen molar-refractivity contribution in [2.75, 3.05) is 0 Å². The molecule has 2 aliphatic carbocycles. The standard InChI is InChI=1S/C22H32O4/c1-5-7-8-9-10-11-17(23)19-16-14-22(12-6-2)20(15(16)13-18(19)24)25-21(3,4)26-22/h6,10-11,13,16-17,19-20,23H,2,5,7-9,12,14H2,1,3-4H3/b11-10+/t16-,17+,19-,20+,22-/m0/s1. The number of rotatable bonds is 8. The molecule has 2 fully saturated rings. The molecule has 1 aliphatic heterocycles. The van der Waals surface area contributed by atoms with Gasteiger partial charge in [-0.25, -0.2) is 0 Å². The second-order valence-corrected chi connectivity index (χ2v) is 8.35. The van der Waals surface area contributed by atoms with E-state index >= 15 is 0 Å². The highest BCUT2D eigenvalue weighted by atomic mass is 16.8. The molecule has 1 saturated carbocycles. The van der Waals surface area contributed by atoms with Crippen molar-refractivity contribution in [3.8, 4) is 0 Å². The summed E-state index contributed by atoms with van der Waals surface area (Å²) in [4.78, 5) is 12.6. The molecule has 1 heterocycles. The average Bonchev–Trinajstić information content (AvgIpc) is 3.09. The number of aliphatic hydroxyl groups excluding tert-OH is 1. The number of unbranched alkanes of at least 4 members (excludes halogenated alkanes) is 3. The van der Waals surface area contributed by atoms with Gasteiger partial charge in [-0.2, -0.15) is 0 Å². The Labute approximate surface area is 156 Å². The summed E-state index contributed by atoms with van der Waals surface area (Å²) in [6.45, 7) is 9.86. The van der Waals surface area contributed by atoms with Crippen molar-refractivity contribution in [1.29, 1.82) is 0 Å². The van der Waals surface area contributed by atoms with E-state index in [1.165, 1.54) is 12.8 Å². The Hall–Kier alpha value is -1.23. The number of carbonyl (C=O) groups is 1. The second-order valence-electron chi connectivity index (χ2n) is 8.35. The molecule has 0 unspecified atom stereocenters. The molecule has 0 spiro atoms. The van der Waals surface area contributed by atoms with Crippen LogP contribution in [0, 0.1) is 11.8 Å². The van der Waals surface area contributed by atoms with Gasteiger partial charge in [-0.05, 0) is 57.1 Å². The molecule has 0 aromatic carbocycles. The van der Waals surface area contributed by atoms with E-state index in [0.29, 0.717) is 12.8 Å². The third kappa shape index (κ3) is 3.47. The monoisotopic (exact) mass is 360 g/mol. The van der Waals surface area contributed by atoms with Crippen molar-refractivity contribution < 1.29 is 19.4 Å². The first-order chi connectivity index (χ1) is 12.3. The molecule has 5 atom stereocenters. The maximum atomic E-state index is 12.6. The fourth-order valence-corrected chi connectivity index (χ4v) is 4.89. The Kier molecular flexibility index (Phi) is 5.57. The van der Waals surface area contributed by atoms with Gasteiger partial charge in [0.25, 0.3) is 0 Å². The molecule has 3 aliphatic rings. The first-order valence-electron chi connectivity index (χ1n) is 9.92. The van der Waals surface area contributed by atoms with Crippen molar-refractivity contribution in [2.45, 2.75) is 82.9 Å². The molecule has 0 aromatic heterocycles. The predicted octanol–water partition coefficient (Wildman–Crippen LogP) is 4.10. The van der Waals surface area contributed by atoms with Crippen LogP contribution >= 0.6 is 0 Å². The highest BCUT2D eigenvalue weighted by molar-refractivity contribution is 5.97. The normalized spacial score (nSPS) is 36.2. The molecule has 1 N–H and O–H groups in total. The molecule has 3 rings (SSSR count). The Morgan fingerprint density at radius 1 is 1.42 bits per heavy atom. The maximum absolute atomic E-state index is 12.6. The summed E-state index contributed by atoms with van der Waals surface area (Å²) in [5.41, 5.74) is 0.525. The minimum atomic E-state index is -0.754. The Morgan fingerprint density at radius 3 is 2.88 bits per heavy atom. The molecular weight excluding hydrogens is 328 g/mol. The van der Waals surface area contributed by atoms with Gasteiger partial charge in [0.1, 0.15) is 11.7 Å². The number of carbonyl (C=O) groups excluding carboxylic acids is 1. The summed E-state index contributed by atoms with van der Waals surface area (Å²) in [5, 5.41) is 10.7. The number of hydrogen-bond donors (Lipinski definition) is 1. The van der Waals surface area contributed by atoms with Crippen LogP contribution in [0.2, 0.25) is 0 Å². The number of ether oxygens (including phenoxy) is 2. The second kappa shape index (κ2) is 7.41. The summed E-state index contributed by atoms with van der Waals surface area (Å²) >= 11 is 0. The van der Waals surface area contributed by atoms with E-state index in [1.54, 1.807) is 12.2 Å². The minimum absolute atomic E-state index is 0.0104. The van der Waals surface area contributed by atoms with E-state index in [9.17, 15) is 9.90 Å². The lowest BCUT2D eigenvalue weighted by Crippen LogP contribution is -2.37. The van der Waals surface area contributed by atoms with Crippen LogP contribution in [0.15, 0.2) is 36.5 Å². The number of allylic oxidation sites excluding steroid dienone is 2. The highest BCUT2D eigenvalue weighted by Crippen LogP contribution is 2.57. The Balaban J connectivity index is 1.74. The van der Waals surface area contributed by atoms with Crippen molar-refractivity contribution >= 4 is 5.78 Å². The lowest BCUT2D eigenvalue weighted by molar-refractivity contribution is -0.168. The van der Waals surface area contributed by atoms with Crippen molar-refractivity contribution in [3.05, 3.63) is 36.5 Å². The lowest BCUT2D eigenvalue weighted by atomic mass is 9.84. The zero-order valence-electron chi connectivity index (χ0n) is 16.2. The van der Waals surface area contributed by atoms with Crippen molar-refractivity contribution in [3.63, 3.8) is 0 Å². The predicted molar refractivity (Wildman–Crippen MR) is 102 cm³/mol. The Bertz CT molecular complexity index is 618. The SMILES string of the molecule is C=CC[C@]12C[C@H]3C(=CC(=O)[C@@H]3[C@H](O)/C=C/CCCCC)[C@H]1OC(C)(C)O2. The van der Waals surface area contributed by atoms with Gasteiger partial charge in [0.15, 0.2) is 11.6 Å². The van der Waals surface area contributed by atoms with Gasteiger partial charge in [0.2, 0.25) is 0 Å². The quantitative estimate of drug-likeness (QED) is 0.523. The van der Waals surface area contributed by atoms with Gasteiger partial charge in [-0.3, -0.25) is 4.79 Å². The van der Waals surface area contributed by atoms with Crippen LogP contribution in [0.3, 0.4) is 0 Å². The van der Waals surface area contributed by atoms with E-state index < -0.39 is 23.4 Å². The van der Waals surface area contributed by atoms with Crippen molar-refractivity contribution in [1.82, 2.24) is 0 Å². The fourth-order valence-electron chi connectivity index (χ4n) is 4.89. The number of ketones is 1. The number of fused-ring (bicyclic) bond motifs is 3. The molecule has 26 heavy (non-hydrogen) atoms. The van der Waals surface area contributed by atoms with E-state index in [-0.39, 0.29) is 17.8 Å². The van der Waals surface area contributed by atoms with Gasteiger partial charge < -0.3 is 14.6 Å². The third-order valence-electron chi connectivity index (χ3n) is 5.86. The maximum Gasteiger partial charge on any atom is 0.164 e. The van der Waals surface area contributed by atoms with E-state index in [4.69, 9.17) is 9.47 Å². The zero-order chi connectivity index (χ0) is 18.9. The molecule has 0 aromatic rings. The minimum Gasteiger partial charge on any atom is -0.388 e. The summed E-state index contributed by atoms with van der Waals surface area (Å²) in [5.74, 6) is -1.09. The van der Waals surface area contributed by atoms with Crippen LogP contribution in [-0.4, -0.2) is 34.5 Å². The van der Waals surface area contributed by atoms with Crippen LogP contribution in [0.5, 0.6) is 0 Å². The van der Waals surface area contributed by atoms with Crippen LogP contribution in [-0.2, 0) is 14.3 Å². The molecule has 0 bridgehead atoms. The smallest absolute Gasteiger partial charge is 0.164 e. The van der Waals surface area contributed by atoms with Gasteiger partial charge in [0, 0.05) is 0 Å². The first-order valence-corrected chi connectivity index (χ1v) is 9.92. The fraction of sp³-hybridized carbons (Fsp3) is 0.682. The van der Waals surface area contributed by atoms with E-state index in [2.05, 4.69) is 13.5 Å². The molecule has 0 radical (unpaired) electrons. The van der Waals surface area contributed by atoms with Gasteiger partial charge >= 0.3 is 0 Å². The van der Waals surface area contributed by atoms with Crippen LogP contribution in [0.25, 0.3) is 0 Å². The summed E-state index contributed by atoms with van der Waals surface area (Å²) in [6.07, 6.45) is 12.2. The van der Waals surface area contributed by atoms with E-state index in [0.717, 1.165) is 18.4 Å². The summed E-state index contributed by atoms with van der Waals surface area (Å²) in [6, 6.07) is 0. The van der Waals surface area contributed by atoms with Crippen molar-refractivity contribution in [2.24, 2.45) is 11.8 Å². The first kappa shape index (κ1) is 19.5. The molecule has 0 amide bonds. The lowest BCUT2D eigenvalue weighted by Gasteiger charge is -2.29. The third-order valence-corrected chi connectivity index (χ3v) is 5.86. The number of hydrogen-bond acceptors (Lipinski definition) is 4. The number of aliphatic hydroxyl groups is 1. The largest absolute Gasteiger partial charge is 0.388 e. The summed E-state index contributed by atoms with van der Waals surface area (Å²) < 4.78 is 12.4. The molecule has 1 saturated heterocycles. The van der Waals surface area contributed by atoms with Crippen LogP contribution in [0.4, 0.5) is 0 Å². The van der Waals surface area contributed by atoms with Crippen LogP contribution in [0.1, 0.15) is 59.3 Å². The van der Waals surface area contributed by atoms with Gasteiger partial charge in [-0.1, -0.05) is 38.0 Å². The Morgan fingerprint density at radius 2 is 2.19 bits per heavy atom. The molecule has 144 valence electrons.